The van der Waals surface area contributed by atoms with Crippen molar-refractivity contribution in [3.05, 3.63) is 89.2 Å². The minimum atomic E-state index is -0.340. The number of phenolic OH excluding ortho intramolecular Hbond substituents is 2. The molecule has 4 rings (SSSR count). The lowest BCUT2D eigenvalue weighted by Gasteiger charge is -2.11. The molecule has 0 atom stereocenters. The van der Waals surface area contributed by atoms with Crippen LogP contribution in [0.2, 0.25) is 5.02 Å². The van der Waals surface area contributed by atoms with Gasteiger partial charge in [-0.15, -0.1) is 10.2 Å². The molecule has 0 saturated heterocycles. The van der Waals surface area contributed by atoms with Gasteiger partial charge in [-0.25, -0.2) is 0 Å². The highest BCUT2D eigenvalue weighted by Gasteiger charge is 2.18. The van der Waals surface area contributed by atoms with Crippen LogP contribution in [0, 0.1) is 0 Å². The van der Waals surface area contributed by atoms with Crippen LogP contribution in [-0.2, 0) is 6.61 Å². The van der Waals surface area contributed by atoms with Gasteiger partial charge in [-0.1, -0.05) is 53.7 Å². The first-order chi connectivity index (χ1) is 15.5. The minimum absolute atomic E-state index is 0.0700. The molecule has 0 unspecified atom stereocenters. The average molecular weight is 468 g/mol. The highest BCUT2D eigenvalue weighted by atomic mass is 35.5. The van der Waals surface area contributed by atoms with Gasteiger partial charge in [-0.2, -0.15) is 0 Å². The average Bonchev–Trinajstić information content (AvgIpc) is 3.22. The van der Waals surface area contributed by atoms with Crippen LogP contribution in [0.4, 0.5) is 0 Å². The highest BCUT2D eigenvalue weighted by Crippen LogP contribution is 2.28. The maximum atomic E-state index is 12.6. The zero-order chi connectivity index (χ0) is 22.5. The number of aromatic nitrogens is 3. The number of ketones is 1. The number of phenols is 2. The van der Waals surface area contributed by atoms with E-state index in [0.717, 1.165) is 5.69 Å². The van der Waals surface area contributed by atoms with E-state index in [-0.39, 0.29) is 29.6 Å². The van der Waals surface area contributed by atoms with Gasteiger partial charge < -0.3 is 14.9 Å². The van der Waals surface area contributed by atoms with Crippen LogP contribution in [-0.4, -0.2) is 36.5 Å². The maximum Gasteiger partial charge on any atom is 0.196 e. The van der Waals surface area contributed by atoms with Crippen LogP contribution in [0.1, 0.15) is 16.2 Å². The van der Waals surface area contributed by atoms with Gasteiger partial charge in [0.25, 0.3) is 0 Å². The first-order valence-corrected chi connectivity index (χ1v) is 10.9. The molecule has 0 bridgehead atoms. The Morgan fingerprint density at radius 2 is 1.72 bits per heavy atom. The fourth-order valence-corrected chi connectivity index (χ4v) is 3.99. The van der Waals surface area contributed by atoms with Gasteiger partial charge in [0.2, 0.25) is 0 Å². The predicted molar refractivity (Wildman–Crippen MR) is 122 cm³/mol. The summed E-state index contributed by atoms with van der Waals surface area (Å²) in [7, 11) is 0. The molecule has 0 aliphatic rings. The SMILES string of the molecule is O=C(CSc1nnc(COc2ccccc2Cl)n1-c1ccccc1)c1ccc(O)c(O)c1. The van der Waals surface area contributed by atoms with Crippen molar-refractivity contribution in [2.24, 2.45) is 0 Å². The molecular weight excluding hydrogens is 450 g/mol. The number of hydrogen-bond acceptors (Lipinski definition) is 7. The highest BCUT2D eigenvalue weighted by molar-refractivity contribution is 7.99. The third-order valence-electron chi connectivity index (χ3n) is 4.54. The number of Topliss-reactive ketones (excluding diaryl/α,β-unsaturated/α-hetero) is 1. The van der Waals surface area contributed by atoms with Gasteiger partial charge in [0, 0.05) is 11.3 Å². The summed E-state index contributed by atoms with van der Waals surface area (Å²) in [5, 5.41) is 28.6. The standard InChI is InChI=1S/C23H18ClN3O4S/c24-17-8-4-5-9-21(17)31-13-22-25-26-23(27(22)16-6-2-1-3-7-16)32-14-20(30)15-10-11-18(28)19(29)12-15/h1-12,28-29H,13-14H2. The molecule has 162 valence electrons. The number of benzene rings is 3. The topological polar surface area (TPSA) is 97.5 Å². The Bertz CT molecular complexity index is 1250. The van der Waals surface area contributed by atoms with Crippen LogP contribution in [0.15, 0.2) is 78.0 Å². The van der Waals surface area contributed by atoms with Crippen molar-refractivity contribution < 1.29 is 19.7 Å². The molecule has 2 N–H and O–H groups in total. The lowest BCUT2D eigenvalue weighted by Crippen LogP contribution is -2.08. The number of carbonyl (C=O) groups is 1. The smallest absolute Gasteiger partial charge is 0.196 e. The number of ether oxygens (including phenoxy) is 1. The van der Waals surface area contributed by atoms with Gasteiger partial charge >= 0.3 is 0 Å². The Hall–Kier alpha value is -3.49. The molecule has 9 heteroatoms. The molecule has 0 saturated carbocycles. The molecule has 0 aliphatic heterocycles. The van der Waals surface area contributed by atoms with E-state index in [1.165, 1.54) is 30.0 Å². The number of halogens is 1. The molecule has 1 aromatic heterocycles. The molecule has 1 heterocycles. The van der Waals surface area contributed by atoms with Crippen molar-refractivity contribution in [3.63, 3.8) is 0 Å². The predicted octanol–water partition coefficient (Wildman–Crippen LogP) is 4.89. The number of rotatable bonds is 8. The largest absolute Gasteiger partial charge is 0.504 e. The second-order valence-corrected chi connectivity index (χ2v) is 8.05. The number of hydrogen-bond donors (Lipinski definition) is 2. The molecule has 0 amide bonds. The minimum Gasteiger partial charge on any atom is -0.504 e. The third-order valence-corrected chi connectivity index (χ3v) is 5.78. The Balaban J connectivity index is 1.56. The van der Waals surface area contributed by atoms with Crippen LogP contribution in [0.5, 0.6) is 17.2 Å². The number of para-hydroxylation sites is 2. The Morgan fingerprint density at radius 1 is 0.969 bits per heavy atom. The summed E-state index contributed by atoms with van der Waals surface area (Å²) in [6.07, 6.45) is 0. The van der Waals surface area contributed by atoms with Gasteiger partial charge in [0.1, 0.15) is 12.4 Å². The van der Waals surface area contributed by atoms with E-state index in [9.17, 15) is 15.0 Å². The van der Waals surface area contributed by atoms with Crippen molar-refractivity contribution in [1.29, 1.82) is 0 Å². The first-order valence-electron chi connectivity index (χ1n) is 9.58. The molecule has 0 aliphatic carbocycles. The van der Waals surface area contributed by atoms with E-state index in [1.807, 2.05) is 47.0 Å². The van der Waals surface area contributed by atoms with Crippen molar-refractivity contribution >= 4 is 29.1 Å². The van der Waals surface area contributed by atoms with Crippen molar-refractivity contribution in [2.75, 3.05) is 5.75 Å². The van der Waals surface area contributed by atoms with Crippen LogP contribution in [0.3, 0.4) is 0 Å². The van der Waals surface area contributed by atoms with E-state index in [1.54, 1.807) is 12.1 Å². The van der Waals surface area contributed by atoms with Crippen LogP contribution in [0.25, 0.3) is 5.69 Å². The number of carbonyl (C=O) groups excluding carboxylic acids is 1. The summed E-state index contributed by atoms with van der Waals surface area (Å²) in [4.78, 5) is 12.6. The summed E-state index contributed by atoms with van der Waals surface area (Å²) in [5.74, 6) is 0.317. The molecule has 32 heavy (non-hydrogen) atoms. The van der Waals surface area contributed by atoms with E-state index >= 15 is 0 Å². The third kappa shape index (κ3) is 4.87. The van der Waals surface area contributed by atoms with Gasteiger partial charge in [0.05, 0.1) is 10.8 Å². The zero-order valence-corrected chi connectivity index (χ0v) is 18.3. The Kier molecular flexibility index (Phi) is 6.63. The van der Waals surface area contributed by atoms with E-state index < -0.39 is 0 Å². The fraction of sp³-hybridized carbons (Fsp3) is 0.0870. The molecule has 3 aromatic carbocycles. The van der Waals surface area contributed by atoms with Gasteiger partial charge in [-0.3, -0.25) is 9.36 Å². The van der Waals surface area contributed by atoms with Gasteiger partial charge in [-0.05, 0) is 42.5 Å². The van der Waals surface area contributed by atoms with E-state index in [2.05, 4.69) is 10.2 Å². The molecule has 0 radical (unpaired) electrons. The quantitative estimate of drug-likeness (QED) is 0.216. The van der Waals surface area contributed by atoms with Gasteiger partial charge in [0.15, 0.2) is 28.3 Å². The Morgan fingerprint density at radius 3 is 2.47 bits per heavy atom. The van der Waals surface area contributed by atoms with Crippen molar-refractivity contribution in [3.8, 4) is 22.9 Å². The molecule has 4 aromatic rings. The van der Waals surface area contributed by atoms with Crippen molar-refractivity contribution in [1.82, 2.24) is 14.8 Å². The van der Waals surface area contributed by atoms with E-state index in [0.29, 0.717) is 27.3 Å². The summed E-state index contributed by atoms with van der Waals surface area (Å²) in [6, 6.07) is 20.7. The van der Waals surface area contributed by atoms with Crippen LogP contribution < -0.4 is 4.74 Å². The first kappa shape index (κ1) is 21.7. The summed E-state index contributed by atoms with van der Waals surface area (Å²) < 4.78 is 7.66. The number of thioether (sulfide) groups is 1. The second-order valence-electron chi connectivity index (χ2n) is 6.70. The van der Waals surface area contributed by atoms with E-state index in [4.69, 9.17) is 16.3 Å². The molecule has 0 spiro atoms. The fourth-order valence-electron chi connectivity index (χ4n) is 2.94. The molecular formula is C23H18ClN3O4S. The normalized spacial score (nSPS) is 10.8. The van der Waals surface area contributed by atoms with Crippen LogP contribution >= 0.6 is 23.4 Å². The second kappa shape index (κ2) is 9.76. The number of aromatic hydroxyl groups is 2. The lowest BCUT2D eigenvalue weighted by molar-refractivity contribution is 0.102. The Labute approximate surface area is 193 Å². The molecule has 0 fully saturated rings. The summed E-state index contributed by atoms with van der Waals surface area (Å²) in [6.45, 7) is 0.131. The lowest BCUT2D eigenvalue weighted by atomic mass is 10.1. The zero-order valence-electron chi connectivity index (χ0n) is 16.7. The summed E-state index contributed by atoms with van der Waals surface area (Å²) in [5.41, 5.74) is 1.12. The number of nitrogens with zero attached hydrogens (tertiary/aromatic N) is 3. The maximum absolute atomic E-state index is 12.6. The monoisotopic (exact) mass is 467 g/mol. The molecule has 7 nitrogen and oxygen atoms in total. The van der Waals surface area contributed by atoms with Crippen molar-refractivity contribution in [2.45, 2.75) is 11.8 Å². The summed E-state index contributed by atoms with van der Waals surface area (Å²) >= 11 is 7.39.